The van der Waals surface area contributed by atoms with Crippen LogP contribution in [-0.4, -0.2) is 7.11 Å². The molecule has 0 radical (unpaired) electrons. The fourth-order valence-corrected chi connectivity index (χ4v) is 3.75. The van der Waals surface area contributed by atoms with E-state index in [1.807, 2.05) is 6.07 Å². The van der Waals surface area contributed by atoms with Crippen molar-refractivity contribution in [1.29, 1.82) is 0 Å². The first-order chi connectivity index (χ1) is 10.4. The lowest BCUT2D eigenvalue weighted by Crippen LogP contribution is -2.29. The van der Waals surface area contributed by atoms with Crippen LogP contribution in [0.1, 0.15) is 29.5 Å². The number of fused-ring (bicyclic) bond motifs is 3. The van der Waals surface area contributed by atoms with Crippen molar-refractivity contribution in [3.05, 3.63) is 71.8 Å². The molecule has 2 aromatic rings. The summed E-state index contributed by atoms with van der Waals surface area (Å²) in [5, 5.41) is 3.74. The lowest BCUT2D eigenvalue weighted by molar-refractivity contribution is 0.397. The number of benzene rings is 2. The molecular weight excluding hydrogens is 258 g/mol. The van der Waals surface area contributed by atoms with E-state index in [1.165, 1.54) is 11.1 Å². The topological polar surface area (TPSA) is 21.3 Å². The summed E-state index contributed by atoms with van der Waals surface area (Å²) in [6, 6.07) is 17.4. The van der Waals surface area contributed by atoms with E-state index in [4.69, 9.17) is 4.74 Å². The van der Waals surface area contributed by atoms with E-state index in [0.717, 1.165) is 17.9 Å². The van der Waals surface area contributed by atoms with Crippen molar-refractivity contribution in [2.75, 3.05) is 12.4 Å². The van der Waals surface area contributed by atoms with Crippen LogP contribution in [0.15, 0.2) is 60.7 Å². The summed E-state index contributed by atoms with van der Waals surface area (Å²) in [6.45, 7) is 0. The number of allylic oxidation sites excluding steroid dienone is 2. The molecule has 0 saturated carbocycles. The molecule has 0 fully saturated rings. The quantitative estimate of drug-likeness (QED) is 0.815. The summed E-state index contributed by atoms with van der Waals surface area (Å²) in [7, 11) is 1.74. The number of nitrogens with one attached hydrogen (secondary N) is 1. The van der Waals surface area contributed by atoms with Gasteiger partial charge in [-0.2, -0.15) is 0 Å². The summed E-state index contributed by atoms with van der Waals surface area (Å²) < 4.78 is 5.56. The molecular formula is C19H19NO. The van der Waals surface area contributed by atoms with E-state index in [0.29, 0.717) is 17.9 Å². The van der Waals surface area contributed by atoms with Crippen molar-refractivity contribution in [2.24, 2.45) is 5.92 Å². The minimum Gasteiger partial charge on any atom is -0.495 e. The number of anilines is 1. The standard InChI is InChI=1S/C19H19NO/c1-21-17-12-6-11-16-14-9-5-10-15(14)18(20-19(16)17)13-7-3-2-4-8-13/h2-9,11-12,14-15,18,20H,10H2,1H3. The molecule has 3 atom stereocenters. The Balaban J connectivity index is 1.83. The highest BCUT2D eigenvalue weighted by Gasteiger charge is 2.38. The Hall–Kier alpha value is -2.22. The van der Waals surface area contributed by atoms with Crippen molar-refractivity contribution < 1.29 is 4.74 Å². The number of ether oxygens (including phenoxy) is 1. The largest absolute Gasteiger partial charge is 0.495 e. The van der Waals surface area contributed by atoms with Gasteiger partial charge in [-0.05, 0) is 29.5 Å². The van der Waals surface area contributed by atoms with Crippen LogP contribution < -0.4 is 10.1 Å². The normalized spacial score (nSPS) is 25.9. The summed E-state index contributed by atoms with van der Waals surface area (Å²) in [5.74, 6) is 2.01. The van der Waals surface area contributed by atoms with E-state index in [-0.39, 0.29) is 0 Å². The lowest BCUT2D eigenvalue weighted by Gasteiger charge is -2.38. The monoisotopic (exact) mass is 277 g/mol. The first-order valence-electron chi connectivity index (χ1n) is 7.53. The van der Waals surface area contributed by atoms with Crippen LogP contribution in [0.3, 0.4) is 0 Å². The predicted octanol–water partition coefficient (Wildman–Crippen LogP) is 4.52. The van der Waals surface area contributed by atoms with Crippen LogP contribution in [0, 0.1) is 5.92 Å². The van der Waals surface area contributed by atoms with Crippen molar-refractivity contribution in [3.8, 4) is 5.75 Å². The molecule has 0 spiro atoms. The molecule has 2 aromatic carbocycles. The van der Waals surface area contributed by atoms with E-state index in [9.17, 15) is 0 Å². The van der Waals surface area contributed by atoms with Crippen LogP contribution in [0.25, 0.3) is 0 Å². The minimum atomic E-state index is 0.343. The average Bonchev–Trinajstić information content (AvgIpc) is 3.04. The minimum absolute atomic E-state index is 0.343. The third kappa shape index (κ3) is 1.94. The summed E-state index contributed by atoms with van der Waals surface area (Å²) in [5.41, 5.74) is 3.87. The van der Waals surface area contributed by atoms with Gasteiger partial charge in [-0.25, -0.2) is 0 Å². The van der Waals surface area contributed by atoms with Crippen molar-refractivity contribution in [3.63, 3.8) is 0 Å². The van der Waals surface area contributed by atoms with Crippen LogP contribution in [0.5, 0.6) is 5.75 Å². The third-order valence-corrected chi connectivity index (χ3v) is 4.74. The van der Waals surface area contributed by atoms with Crippen molar-refractivity contribution >= 4 is 5.69 Å². The Morgan fingerprint density at radius 3 is 2.71 bits per heavy atom. The fraction of sp³-hybridized carbons (Fsp3) is 0.263. The molecule has 2 nitrogen and oxygen atoms in total. The Kier molecular flexibility index (Phi) is 2.95. The van der Waals surface area contributed by atoms with Crippen LogP contribution in [0.4, 0.5) is 5.69 Å². The van der Waals surface area contributed by atoms with Gasteiger partial charge in [0.2, 0.25) is 0 Å². The highest BCUT2D eigenvalue weighted by atomic mass is 16.5. The second-order valence-electron chi connectivity index (χ2n) is 5.81. The molecule has 106 valence electrons. The van der Waals surface area contributed by atoms with Gasteiger partial charge in [0.15, 0.2) is 0 Å². The van der Waals surface area contributed by atoms with E-state index in [1.54, 1.807) is 7.11 Å². The van der Waals surface area contributed by atoms with Gasteiger partial charge >= 0.3 is 0 Å². The molecule has 0 saturated heterocycles. The molecule has 2 heteroatoms. The molecule has 21 heavy (non-hydrogen) atoms. The maximum atomic E-state index is 5.56. The van der Waals surface area contributed by atoms with E-state index >= 15 is 0 Å². The molecule has 1 heterocycles. The first kappa shape index (κ1) is 12.5. The summed E-state index contributed by atoms with van der Waals surface area (Å²) in [4.78, 5) is 0. The molecule has 0 bridgehead atoms. The zero-order chi connectivity index (χ0) is 14.2. The predicted molar refractivity (Wildman–Crippen MR) is 85.8 cm³/mol. The lowest BCUT2D eigenvalue weighted by atomic mass is 9.77. The van der Waals surface area contributed by atoms with E-state index in [2.05, 4.69) is 59.9 Å². The summed E-state index contributed by atoms with van der Waals surface area (Å²) >= 11 is 0. The SMILES string of the molecule is COc1cccc2c1NC(c1ccccc1)C1CC=CC21. The molecule has 4 rings (SSSR count). The molecule has 0 aromatic heterocycles. The second kappa shape index (κ2) is 4.96. The maximum Gasteiger partial charge on any atom is 0.142 e. The highest BCUT2D eigenvalue weighted by molar-refractivity contribution is 5.67. The average molecular weight is 277 g/mol. The van der Waals surface area contributed by atoms with Gasteiger partial charge in [0.1, 0.15) is 5.75 Å². The van der Waals surface area contributed by atoms with Crippen LogP contribution in [-0.2, 0) is 0 Å². The zero-order valence-corrected chi connectivity index (χ0v) is 12.1. The molecule has 1 N–H and O–H groups in total. The first-order valence-corrected chi connectivity index (χ1v) is 7.53. The molecule has 1 aliphatic carbocycles. The number of methoxy groups -OCH3 is 1. The maximum absolute atomic E-state index is 5.56. The Morgan fingerprint density at radius 2 is 1.90 bits per heavy atom. The van der Waals surface area contributed by atoms with Gasteiger partial charge in [-0.1, -0.05) is 54.6 Å². The number of rotatable bonds is 2. The van der Waals surface area contributed by atoms with Crippen molar-refractivity contribution in [2.45, 2.75) is 18.4 Å². The Morgan fingerprint density at radius 1 is 1.05 bits per heavy atom. The fourth-order valence-electron chi connectivity index (χ4n) is 3.75. The molecule has 0 amide bonds. The Labute approximate surface area is 125 Å². The smallest absolute Gasteiger partial charge is 0.142 e. The Bertz CT molecular complexity index is 677. The van der Waals surface area contributed by atoms with Crippen molar-refractivity contribution in [1.82, 2.24) is 0 Å². The van der Waals surface area contributed by atoms with Crippen LogP contribution in [0.2, 0.25) is 0 Å². The number of para-hydroxylation sites is 1. The molecule has 2 aliphatic rings. The van der Waals surface area contributed by atoms with E-state index < -0.39 is 0 Å². The van der Waals surface area contributed by atoms with Gasteiger partial charge in [0, 0.05) is 5.92 Å². The molecule has 3 unspecified atom stereocenters. The zero-order valence-electron chi connectivity index (χ0n) is 12.1. The number of hydrogen-bond acceptors (Lipinski definition) is 2. The molecule has 1 aliphatic heterocycles. The summed E-state index contributed by atoms with van der Waals surface area (Å²) in [6.07, 6.45) is 5.81. The van der Waals surface area contributed by atoms with Gasteiger partial charge in [0.05, 0.1) is 18.8 Å². The number of hydrogen-bond donors (Lipinski definition) is 1. The highest BCUT2D eigenvalue weighted by Crippen LogP contribution is 2.51. The third-order valence-electron chi connectivity index (χ3n) is 4.74. The second-order valence-corrected chi connectivity index (χ2v) is 5.81. The van der Waals surface area contributed by atoms with Crippen LogP contribution >= 0.6 is 0 Å². The van der Waals surface area contributed by atoms with Gasteiger partial charge in [-0.15, -0.1) is 0 Å². The van der Waals surface area contributed by atoms with Gasteiger partial charge in [0.25, 0.3) is 0 Å². The van der Waals surface area contributed by atoms with Gasteiger partial charge in [-0.3, -0.25) is 0 Å². The van der Waals surface area contributed by atoms with Gasteiger partial charge < -0.3 is 10.1 Å².